The fourth-order valence-electron chi connectivity index (χ4n) is 2.94. The molecule has 0 fully saturated rings. The van der Waals surface area contributed by atoms with Crippen molar-refractivity contribution in [1.29, 1.82) is 5.26 Å². The summed E-state index contributed by atoms with van der Waals surface area (Å²) < 4.78 is 6.99. The summed E-state index contributed by atoms with van der Waals surface area (Å²) in [4.78, 5) is 6.65. The molecule has 1 aliphatic rings. The molecule has 3 aromatic rings. The molecule has 0 atom stereocenters. The van der Waals surface area contributed by atoms with Crippen molar-refractivity contribution >= 4 is 32.8 Å². The van der Waals surface area contributed by atoms with Gasteiger partial charge in [0.15, 0.2) is 5.75 Å². The van der Waals surface area contributed by atoms with Gasteiger partial charge in [-0.15, -0.1) is 11.3 Å². The normalized spacial score (nSPS) is 15.3. The third-order valence-electron chi connectivity index (χ3n) is 4.21. The number of rotatable bonds is 4. The van der Waals surface area contributed by atoms with Gasteiger partial charge in [-0.1, -0.05) is 36.4 Å². The van der Waals surface area contributed by atoms with Crippen molar-refractivity contribution in [1.82, 2.24) is 4.98 Å². The molecule has 0 bridgehead atoms. The van der Waals surface area contributed by atoms with Crippen LogP contribution < -0.4 is 9.64 Å². The molecule has 0 amide bonds. The number of nitriles is 1. The largest absolute Gasteiger partial charge is 0.439 e. The third-order valence-corrected chi connectivity index (χ3v) is 5.28. The van der Waals surface area contributed by atoms with Gasteiger partial charge < -0.3 is 9.64 Å². The summed E-state index contributed by atoms with van der Waals surface area (Å²) in [5.41, 5.74) is 2.54. The highest BCUT2D eigenvalue weighted by molar-refractivity contribution is 7.19. The highest BCUT2D eigenvalue weighted by Crippen LogP contribution is 2.38. The van der Waals surface area contributed by atoms with Crippen molar-refractivity contribution in [3.63, 3.8) is 0 Å². The van der Waals surface area contributed by atoms with Crippen LogP contribution in [-0.2, 0) is 0 Å². The van der Waals surface area contributed by atoms with E-state index in [4.69, 9.17) is 4.74 Å². The summed E-state index contributed by atoms with van der Waals surface area (Å²) in [6.45, 7) is 2.91. The second-order valence-electron chi connectivity index (χ2n) is 5.88. The maximum Gasteiger partial charge on any atom is 0.200 e. The van der Waals surface area contributed by atoms with Crippen LogP contribution in [0.2, 0.25) is 0 Å². The van der Waals surface area contributed by atoms with E-state index < -0.39 is 0 Å². The Hall–Kier alpha value is -3.36. The zero-order valence-corrected chi connectivity index (χ0v) is 15.6. The van der Waals surface area contributed by atoms with Crippen LogP contribution in [0.5, 0.6) is 5.75 Å². The van der Waals surface area contributed by atoms with Crippen LogP contribution in [0.25, 0.3) is 15.8 Å². The number of thiazole rings is 1. The molecule has 27 heavy (non-hydrogen) atoms. The molecule has 0 aliphatic carbocycles. The zero-order chi connectivity index (χ0) is 18.6. The number of nitrogens with zero attached hydrogens (tertiary/aromatic N) is 3. The van der Waals surface area contributed by atoms with Gasteiger partial charge in [-0.05, 0) is 43.3 Å². The molecule has 0 spiro atoms. The van der Waals surface area contributed by atoms with Crippen LogP contribution in [0.1, 0.15) is 11.9 Å². The van der Waals surface area contributed by atoms with Gasteiger partial charge in [-0.3, -0.25) is 0 Å². The van der Waals surface area contributed by atoms with Crippen LogP contribution in [0.3, 0.4) is 0 Å². The van der Waals surface area contributed by atoms with Crippen LogP contribution in [0.15, 0.2) is 78.7 Å². The first-order valence-corrected chi connectivity index (χ1v) is 9.51. The molecular formula is C22H17N3OS. The zero-order valence-electron chi connectivity index (χ0n) is 14.8. The molecule has 0 saturated carbocycles. The number of anilines is 1. The second kappa shape index (κ2) is 7.48. The summed E-state index contributed by atoms with van der Waals surface area (Å²) in [5, 5.41) is 10.2. The standard InChI is InChI=1S/C22H17N3OS/c1-2-25-18-11-5-6-12-19(18)26-21(25)14-8-3-9-16(15-23)22-24-17-10-4-7-13-20(17)27-22/h3-14H,2H2,1H3. The van der Waals surface area contributed by atoms with Crippen molar-refractivity contribution in [2.75, 3.05) is 11.4 Å². The fraction of sp³-hybridized carbons (Fsp3) is 0.0909. The molecule has 0 saturated heterocycles. The average molecular weight is 371 g/mol. The average Bonchev–Trinajstić information content (AvgIpc) is 3.28. The number of allylic oxidation sites excluding steroid dienone is 5. The van der Waals surface area contributed by atoms with Gasteiger partial charge in [0.25, 0.3) is 0 Å². The number of benzene rings is 2. The minimum atomic E-state index is 0.550. The molecule has 0 radical (unpaired) electrons. The van der Waals surface area contributed by atoms with E-state index in [0.29, 0.717) is 5.57 Å². The second-order valence-corrected chi connectivity index (χ2v) is 6.91. The lowest BCUT2D eigenvalue weighted by Gasteiger charge is -2.14. The predicted molar refractivity (Wildman–Crippen MR) is 111 cm³/mol. The van der Waals surface area contributed by atoms with Gasteiger partial charge in [0.05, 0.1) is 21.5 Å². The first-order chi connectivity index (χ1) is 13.3. The lowest BCUT2D eigenvalue weighted by Crippen LogP contribution is -2.18. The highest BCUT2D eigenvalue weighted by atomic mass is 32.1. The molecular weight excluding hydrogens is 354 g/mol. The maximum atomic E-state index is 9.48. The van der Waals surface area contributed by atoms with E-state index in [0.717, 1.165) is 39.1 Å². The number of aromatic nitrogens is 1. The van der Waals surface area contributed by atoms with Crippen LogP contribution >= 0.6 is 11.3 Å². The minimum absolute atomic E-state index is 0.550. The van der Waals surface area contributed by atoms with Gasteiger partial charge in [0, 0.05) is 6.54 Å². The van der Waals surface area contributed by atoms with Gasteiger partial charge >= 0.3 is 0 Å². The first-order valence-electron chi connectivity index (χ1n) is 8.69. The Balaban J connectivity index is 1.55. The van der Waals surface area contributed by atoms with E-state index in [1.165, 1.54) is 11.3 Å². The molecule has 1 aliphatic heterocycles. The maximum absolute atomic E-state index is 9.48. The molecule has 5 heteroatoms. The number of ether oxygens (including phenoxy) is 1. The number of fused-ring (bicyclic) bond motifs is 2. The summed E-state index contributed by atoms with van der Waals surface area (Å²) in [5.74, 6) is 1.64. The quantitative estimate of drug-likeness (QED) is 0.447. The van der Waals surface area contributed by atoms with Crippen molar-refractivity contribution in [3.05, 3.63) is 83.7 Å². The topological polar surface area (TPSA) is 49.2 Å². The minimum Gasteiger partial charge on any atom is -0.439 e. The van der Waals surface area contributed by atoms with E-state index in [2.05, 4.69) is 22.9 Å². The number of hydrogen-bond donors (Lipinski definition) is 0. The van der Waals surface area contributed by atoms with E-state index in [1.54, 1.807) is 6.08 Å². The molecule has 4 rings (SSSR count). The fourth-order valence-corrected chi connectivity index (χ4v) is 3.88. The van der Waals surface area contributed by atoms with E-state index in [-0.39, 0.29) is 0 Å². The van der Waals surface area contributed by atoms with Gasteiger partial charge in [0.2, 0.25) is 5.88 Å². The summed E-state index contributed by atoms with van der Waals surface area (Å²) in [7, 11) is 0. The SMILES string of the molecule is CCN1C(=CC=CC=C(C#N)c2nc3ccccc3s2)Oc2ccccc21. The van der Waals surface area contributed by atoms with Gasteiger partial charge in [-0.25, -0.2) is 4.98 Å². The van der Waals surface area contributed by atoms with Crippen LogP contribution in [0, 0.1) is 11.3 Å². The van der Waals surface area contributed by atoms with Crippen molar-refractivity contribution < 1.29 is 4.74 Å². The summed E-state index contributed by atoms with van der Waals surface area (Å²) in [6.07, 6.45) is 7.42. The monoisotopic (exact) mass is 371 g/mol. The van der Waals surface area contributed by atoms with Gasteiger partial charge in [0.1, 0.15) is 11.1 Å². The van der Waals surface area contributed by atoms with Crippen molar-refractivity contribution in [3.8, 4) is 11.8 Å². The number of hydrogen-bond acceptors (Lipinski definition) is 5. The molecule has 0 N–H and O–H groups in total. The molecule has 4 nitrogen and oxygen atoms in total. The molecule has 2 aromatic carbocycles. The molecule has 2 heterocycles. The highest BCUT2D eigenvalue weighted by Gasteiger charge is 2.23. The Bertz CT molecular complexity index is 1080. The first kappa shape index (κ1) is 17.1. The molecule has 132 valence electrons. The van der Waals surface area contributed by atoms with Crippen molar-refractivity contribution in [2.45, 2.75) is 6.92 Å². The smallest absolute Gasteiger partial charge is 0.200 e. The van der Waals surface area contributed by atoms with Crippen molar-refractivity contribution in [2.24, 2.45) is 0 Å². The Morgan fingerprint density at radius 2 is 2.00 bits per heavy atom. The summed E-state index contributed by atoms with van der Waals surface area (Å²) >= 11 is 1.52. The molecule has 0 unspecified atom stereocenters. The van der Waals surface area contributed by atoms with Gasteiger partial charge in [-0.2, -0.15) is 5.26 Å². The lowest BCUT2D eigenvalue weighted by atomic mass is 10.2. The number of para-hydroxylation sites is 3. The molecule has 1 aromatic heterocycles. The van der Waals surface area contributed by atoms with Crippen LogP contribution in [0.4, 0.5) is 5.69 Å². The van der Waals surface area contributed by atoms with E-state index >= 15 is 0 Å². The summed E-state index contributed by atoms with van der Waals surface area (Å²) in [6, 6.07) is 18.1. The van der Waals surface area contributed by atoms with Crippen LogP contribution in [-0.4, -0.2) is 11.5 Å². The Kier molecular flexibility index (Phi) is 4.73. The Labute approximate surface area is 162 Å². The Morgan fingerprint density at radius 1 is 1.19 bits per heavy atom. The lowest BCUT2D eigenvalue weighted by molar-refractivity contribution is 0.440. The predicted octanol–water partition coefficient (Wildman–Crippen LogP) is 5.52. The Morgan fingerprint density at radius 3 is 2.81 bits per heavy atom. The van der Waals surface area contributed by atoms with E-state index in [9.17, 15) is 5.26 Å². The third kappa shape index (κ3) is 3.35. The van der Waals surface area contributed by atoms with E-state index in [1.807, 2.05) is 66.8 Å².